The van der Waals surface area contributed by atoms with E-state index in [1.807, 2.05) is 0 Å². The van der Waals surface area contributed by atoms with Gasteiger partial charge in [0.1, 0.15) is 12.4 Å². The number of thioether (sulfide) groups is 1. The van der Waals surface area contributed by atoms with Crippen molar-refractivity contribution >= 4 is 46.3 Å². The zero-order chi connectivity index (χ0) is 23.4. The summed E-state index contributed by atoms with van der Waals surface area (Å²) in [7, 11) is 0. The number of imide groups is 1. The number of nitro benzene ring substituents is 1. The van der Waals surface area contributed by atoms with E-state index in [-0.39, 0.29) is 30.0 Å². The van der Waals surface area contributed by atoms with Crippen molar-refractivity contribution in [2.45, 2.75) is 13.2 Å². The van der Waals surface area contributed by atoms with Crippen LogP contribution < -0.4 is 4.74 Å². The SMILES string of the molecule is O=C1S/C(=C/c2cccc(OCc3ccc([N+](=O)[O-])cc3)c2)C(=O)N1Cc1ccccc1Cl. The highest BCUT2D eigenvalue weighted by Gasteiger charge is 2.35. The summed E-state index contributed by atoms with van der Waals surface area (Å²) in [5.74, 6) is 0.194. The van der Waals surface area contributed by atoms with Gasteiger partial charge >= 0.3 is 0 Å². The van der Waals surface area contributed by atoms with E-state index in [4.69, 9.17) is 16.3 Å². The highest BCUT2D eigenvalue weighted by Crippen LogP contribution is 2.34. The predicted molar refractivity (Wildman–Crippen MR) is 127 cm³/mol. The first-order valence-electron chi connectivity index (χ1n) is 9.86. The summed E-state index contributed by atoms with van der Waals surface area (Å²) < 4.78 is 5.78. The lowest BCUT2D eigenvalue weighted by atomic mass is 10.2. The molecule has 1 aliphatic rings. The summed E-state index contributed by atoms with van der Waals surface area (Å²) >= 11 is 7.04. The fraction of sp³-hybridized carbons (Fsp3) is 0.0833. The summed E-state index contributed by atoms with van der Waals surface area (Å²) in [5, 5.41) is 10.9. The van der Waals surface area contributed by atoms with Crippen LogP contribution in [0.1, 0.15) is 16.7 Å². The Morgan fingerprint density at radius 2 is 1.79 bits per heavy atom. The van der Waals surface area contributed by atoms with Gasteiger partial charge in [0.05, 0.1) is 16.4 Å². The van der Waals surface area contributed by atoms with Crippen LogP contribution in [0.3, 0.4) is 0 Å². The molecule has 3 aromatic carbocycles. The average Bonchev–Trinajstić information content (AvgIpc) is 3.07. The molecule has 0 radical (unpaired) electrons. The Hall–Kier alpha value is -3.62. The van der Waals surface area contributed by atoms with Gasteiger partial charge in [0.2, 0.25) is 0 Å². The van der Waals surface area contributed by atoms with Gasteiger partial charge < -0.3 is 4.74 Å². The maximum atomic E-state index is 12.8. The van der Waals surface area contributed by atoms with Gasteiger partial charge in [-0.3, -0.25) is 24.6 Å². The average molecular weight is 481 g/mol. The number of hydrogen-bond donors (Lipinski definition) is 0. The highest BCUT2D eigenvalue weighted by molar-refractivity contribution is 8.18. The lowest BCUT2D eigenvalue weighted by Gasteiger charge is -2.13. The number of halogens is 1. The molecule has 9 heteroatoms. The quantitative estimate of drug-likeness (QED) is 0.232. The van der Waals surface area contributed by atoms with E-state index in [9.17, 15) is 19.7 Å². The maximum absolute atomic E-state index is 12.8. The fourth-order valence-corrected chi connectivity index (χ4v) is 4.19. The minimum absolute atomic E-state index is 0.0178. The van der Waals surface area contributed by atoms with Crippen molar-refractivity contribution in [1.82, 2.24) is 4.90 Å². The van der Waals surface area contributed by atoms with Crippen molar-refractivity contribution in [1.29, 1.82) is 0 Å². The van der Waals surface area contributed by atoms with Crippen molar-refractivity contribution in [3.05, 3.63) is 110 Å². The highest BCUT2D eigenvalue weighted by atomic mass is 35.5. The minimum atomic E-state index is -0.454. The molecule has 1 saturated heterocycles. The van der Waals surface area contributed by atoms with Crippen molar-refractivity contribution in [3.8, 4) is 5.75 Å². The van der Waals surface area contributed by atoms with Crippen molar-refractivity contribution < 1.29 is 19.2 Å². The van der Waals surface area contributed by atoms with E-state index in [2.05, 4.69) is 0 Å². The lowest BCUT2D eigenvalue weighted by Crippen LogP contribution is -2.27. The molecule has 3 aromatic rings. The molecular formula is C24H17ClN2O5S. The van der Waals surface area contributed by atoms with E-state index in [1.54, 1.807) is 66.7 Å². The number of rotatable bonds is 7. The molecule has 166 valence electrons. The van der Waals surface area contributed by atoms with Gasteiger partial charge in [0.15, 0.2) is 0 Å². The molecule has 1 aliphatic heterocycles. The fourth-order valence-electron chi connectivity index (χ4n) is 3.16. The molecule has 1 fully saturated rings. The normalized spacial score (nSPS) is 14.7. The van der Waals surface area contributed by atoms with Crippen LogP contribution in [0.25, 0.3) is 6.08 Å². The van der Waals surface area contributed by atoms with E-state index in [0.29, 0.717) is 26.8 Å². The third-order valence-corrected chi connectivity index (χ3v) is 6.14. The van der Waals surface area contributed by atoms with Gasteiger partial charge in [0.25, 0.3) is 16.8 Å². The second-order valence-electron chi connectivity index (χ2n) is 7.14. The number of hydrogen-bond acceptors (Lipinski definition) is 6. The van der Waals surface area contributed by atoms with Crippen LogP contribution in [0.4, 0.5) is 10.5 Å². The van der Waals surface area contributed by atoms with Gasteiger partial charge in [-0.1, -0.05) is 41.9 Å². The molecular weight excluding hydrogens is 464 g/mol. The Morgan fingerprint density at radius 3 is 2.52 bits per heavy atom. The summed E-state index contributed by atoms with van der Waals surface area (Å²) in [6.45, 7) is 0.343. The smallest absolute Gasteiger partial charge is 0.293 e. The Bertz CT molecular complexity index is 1260. The number of nitro groups is 1. The maximum Gasteiger partial charge on any atom is 0.293 e. The molecule has 4 rings (SSSR count). The van der Waals surface area contributed by atoms with Crippen LogP contribution in [0, 0.1) is 10.1 Å². The second kappa shape index (κ2) is 9.89. The first-order chi connectivity index (χ1) is 15.9. The van der Waals surface area contributed by atoms with Crippen LogP contribution in [0.15, 0.2) is 77.7 Å². The van der Waals surface area contributed by atoms with Gasteiger partial charge in [-0.05, 0) is 64.9 Å². The third-order valence-electron chi connectivity index (χ3n) is 4.87. The Balaban J connectivity index is 1.44. The molecule has 0 N–H and O–H groups in total. The largest absolute Gasteiger partial charge is 0.489 e. The summed E-state index contributed by atoms with van der Waals surface area (Å²) in [5.41, 5.74) is 2.21. The molecule has 1 heterocycles. The molecule has 0 unspecified atom stereocenters. The van der Waals surface area contributed by atoms with Gasteiger partial charge in [-0.25, -0.2) is 0 Å². The number of carbonyl (C=O) groups is 2. The Kier molecular flexibility index (Phi) is 6.76. The monoisotopic (exact) mass is 480 g/mol. The molecule has 0 aromatic heterocycles. The topological polar surface area (TPSA) is 89.7 Å². The van der Waals surface area contributed by atoms with Gasteiger partial charge in [-0.2, -0.15) is 0 Å². The summed E-state index contributed by atoms with van der Waals surface area (Å²) in [4.78, 5) is 37.0. The van der Waals surface area contributed by atoms with Crippen LogP contribution in [0.2, 0.25) is 5.02 Å². The molecule has 33 heavy (non-hydrogen) atoms. The standard InChI is InChI=1S/C24H17ClN2O5S/c25-21-7-2-1-5-18(21)14-26-23(28)22(33-24(26)29)13-17-4-3-6-20(12-17)32-15-16-8-10-19(11-9-16)27(30)31/h1-13H,14-15H2/b22-13+. The molecule has 0 bridgehead atoms. The summed E-state index contributed by atoms with van der Waals surface area (Å²) in [6, 6.07) is 20.3. The number of nitrogens with zero attached hydrogens (tertiary/aromatic N) is 2. The van der Waals surface area contributed by atoms with Crippen LogP contribution in [-0.2, 0) is 17.9 Å². The third kappa shape index (κ3) is 5.42. The minimum Gasteiger partial charge on any atom is -0.489 e. The second-order valence-corrected chi connectivity index (χ2v) is 8.54. The number of non-ortho nitro benzene ring substituents is 1. The van der Waals surface area contributed by atoms with Crippen LogP contribution >= 0.6 is 23.4 Å². The number of ether oxygens (including phenoxy) is 1. The Labute approximate surface area is 198 Å². The zero-order valence-electron chi connectivity index (χ0n) is 17.1. The van der Waals surface area contributed by atoms with Crippen molar-refractivity contribution in [2.75, 3.05) is 0 Å². The molecule has 0 atom stereocenters. The molecule has 0 spiro atoms. The van der Waals surface area contributed by atoms with Gasteiger partial charge in [-0.15, -0.1) is 0 Å². The van der Waals surface area contributed by atoms with Crippen molar-refractivity contribution in [3.63, 3.8) is 0 Å². The molecule has 0 saturated carbocycles. The lowest BCUT2D eigenvalue weighted by molar-refractivity contribution is -0.384. The molecule has 0 aliphatic carbocycles. The van der Waals surface area contributed by atoms with E-state index < -0.39 is 4.92 Å². The van der Waals surface area contributed by atoms with E-state index >= 15 is 0 Å². The first-order valence-corrected chi connectivity index (χ1v) is 11.0. The zero-order valence-corrected chi connectivity index (χ0v) is 18.7. The number of benzene rings is 3. The van der Waals surface area contributed by atoms with E-state index in [1.165, 1.54) is 17.0 Å². The summed E-state index contributed by atoms with van der Waals surface area (Å²) in [6.07, 6.45) is 1.65. The first kappa shape index (κ1) is 22.6. The number of carbonyl (C=O) groups excluding carboxylic acids is 2. The van der Waals surface area contributed by atoms with Crippen LogP contribution in [0.5, 0.6) is 5.75 Å². The van der Waals surface area contributed by atoms with Crippen molar-refractivity contribution in [2.24, 2.45) is 0 Å². The molecule has 2 amide bonds. The molecule has 7 nitrogen and oxygen atoms in total. The van der Waals surface area contributed by atoms with Gasteiger partial charge in [0, 0.05) is 17.2 Å². The Morgan fingerprint density at radius 1 is 1.03 bits per heavy atom. The van der Waals surface area contributed by atoms with E-state index in [0.717, 1.165) is 17.3 Å². The number of amides is 2. The van der Waals surface area contributed by atoms with Crippen LogP contribution in [-0.4, -0.2) is 21.0 Å². The predicted octanol–water partition coefficient (Wildman–Crippen LogP) is 6.06.